The highest BCUT2D eigenvalue weighted by molar-refractivity contribution is 5.79. The van der Waals surface area contributed by atoms with Gasteiger partial charge in [0, 0.05) is 6.42 Å². The maximum Gasteiger partial charge on any atom is 0.216 e. The third-order valence-corrected chi connectivity index (χ3v) is 1.59. The number of carbonyl (C=O) groups is 2. The second kappa shape index (κ2) is 20.9. The van der Waals surface area contributed by atoms with E-state index in [1.54, 1.807) is 0 Å². The number of hydrogen-bond acceptors (Lipinski definition) is 2. The average molecular weight is 254 g/mol. The van der Waals surface area contributed by atoms with E-state index in [9.17, 15) is 9.59 Å². The lowest BCUT2D eigenvalue weighted by Gasteiger charge is -2.22. The Morgan fingerprint density at radius 1 is 1.39 bits per heavy atom. The van der Waals surface area contributed by atoms with Crippen molar-refractivity contribution in [3.05, 3.63) is 39.2 Å². The normalized spacial score (nSPS) is 10.1. The third-order valence-electron chi connectivity index (χ3n) is 1.59. The molecule has 104 valence electrons. The van der Waals surface area contributed by atoms with Gasteiger partial charge in [-0.05, 0) is 6.42 Å². The SMILES string of the molecule is C=C.[CH2+]CCC[CH2-].[CH2+]CC[N-][C@@H](C=O)CC(N)=O. The molecule has 0 saturated carbocycles. The quantitative estimate of drug-likeness (QED) is 0.411. The van der Waals surface area contributed by atoms with Gasteiger partial charge in [-0.1, -0.05) is 6.04 Å². The fraction of sp³-hybridized carbons (Fsp3) is 0.500. The topological polar surface area (TPSA) is 74.3 Å². The second-order valence-electron chi connectivity index (χ2n) is 3.19. The number of carbonyl (C=O) groups excluding carboxylic acids is 2. The molecule has 0 aromatic heterocycles. The van der Waals surface area contributed by atoms with Gasteiger partial charge in [0.05, 0.1) is 26.7 Å². The van der Waals surface area contributed by atoms with Crippen molar-refractivity contribution in [2.24, 2.45) is 5.73 Å². The van der Waals surface area contributed by atoms with Crippen molar-refractivity contribution in [3.8, 4) is 0 Å². The number of nitrogens with two attached hydrogens (primary N) is 1. The first-order valence-corrected chi connectivity index (χ1v) is 5.90. The van der Waals surface area contributed by atoms with E-state index in [0.717, 1.165) is 12.8 Å². The predicted octanol–water partition coefficient (Wildman–Crippen LogP) is 2.65. The lowest BCUT2D eigenvalue weighted by atomic mass is 10.2. The van der Waals surface area contributed by atoms with Crippen LogP contribution in [0, 0.1) is 20.8 Å². The standard InChI is InChI=1S/C7H12N2O2.C5H10.C2H4/c1-2-3-9-6(5-10)4-7(8)11;1-3-5-4-2;1-2/h5-6H,1-4H2,(H2,8,11);1-5H2;1-2H2/t6-;;/m1../s1. The molecule has 0 aromatic rings. The lowest BCUT2D eigenvalue weighted by Crippen LogP contribution is -2.21. The van der Waals surface area contributed by atoms with Gasteiger partial charge >= 0.3 is 0 Å². The molecule has 0 spiro atoms. The van der Waals surface area contributed by atoms with E-state index in [0.29, 0.717) is 19.3 Å². The summed E-state index contributed by atoms with van der Waals surface area (Å²) in [6, 6.07) is -0.575. The number of primary amides is 1. The number of rotatable bonds is 8. The van der Waals surface area contributed by atoms with Crippen molar-refractivity contribution in [3.63, 3.8) is 0 Å². The molecule has 18 heavy (non-hydrogen) atoms. The summed E-state index contributed by atoms with van der Waals surface area (Å²) < 4.78 is 0. The zero-order valence-electron chi connectivity index (χ0n) is 11.3. The van der Waals surface area contributed by atoms with Gasteiger partial charge < -0.3 is 22.8 Å². The van der Waals surface area contributed by atoms with E-state index in [1.807, 2.05) is 0 Å². The van der Waals surface area contributed by atoms with Crippen molar-refractivity contribution < 1.29 is 9.59 Å². The van der Waals surface area contributed by atoms with Crippen molar-refractivity contribution in [2.75, 3.05) is 6.54 Å². The van der Waals surface area contributed by atoms with Gasteiger partial charge in [0.1, 0.15) is 6.29 Å². The molecule has 0 radical (unpaired) electrons. The second-order valence-corrected chi connectivity index (χ2v) is 3.19. The Bertz CT molecular complexity index is 183. The van der Waals surface area contributed by atoms with Crippen LogP contribution < -0.4 is 5.73 Å². The molecule has 0 rings (SSSR count). The van der Waals surface area contributed by atoms with Crippen LogP contribution in [0.3, 0.4) is 0 Å². The van der Waals surface area contributed by atoms with Crippen molar-refractivity contribution >= 4 is 12.2 Å². The Kier molecular flexibility index (Phi) is 25.4. The summed E-state index contributed by atoms with van der Waals surface area (Å²) in [7, 11) is 0. The first-order valence-electron chi connectivity index (χ1n) is 5.90. The van der Waals surface area contributed by atoms with Crippen molar-refractivity contribution in [2.45, 2.75) is 38.1 Å². The van der Waals surface area contributed by atoms with E-state index in [-0.39, 0.29) is 6.42 Å². The Balaban J connectivity index is -0.000000270. The largest absolute Gasteiger partial charge is 0.650 e. The Hall–Kier alpha value is -1.42. The molecule has 4 heteroatoms. The summed E-state index contributed by atoms with van der Waals surface area (Å²) in [4.78, 5) is 20.5. The van der Waals surface area contributed by atoms with Crippen LogP contribution in [0.1, 0.15) is 32.1 Å². The average Bonchev–Trinajstić information content (AvgIpc) is 2.38. The first kappa shape index (κ1) is 21.8. The molecule has 0 aliphatic rings. The minimum atomic E-state index is -0.575. The molecule has 0 fully saturated rings. The van der Waals surface area contributed by atoms with Crippen LogP contribution in [0.25, 0.3) is 5.32 Å². The Labute approximate surface area is 112 Å². The summed E-state index contributed by atoms with van der Waals surface area (Å²) in [5.41, 5.74) is 4.87. The van der Waals surface area contributed by atoms with Crippen LogP contribution in [-0.4, -0.2) is 24.8 Å². The van der Waals surface area contributed by atoms with Crippen LogP contribution >= 0.6 is 0 Å². The highest BCUT2D eigenvalue weighted by Crippen LogP contribution is 2.02. The molecular weight excluding hydrogens is 228 g/mol. The van der Waals surface area contributed by atoms with Gasteiger partial charge in [0.25, 0.3) is 0 Å². The van der Waals surface area contributed by atoms with E-state index in [2.05, 4.69) is 39.2 Å². The highest BCUT2D eigenvalue weighted by Gasteiger charge is 1.99. The summed E-state index contributed by atoms with van der Waals surface area (Å²) >= 11 is 0. The van der Waals surface area contributed by atoms with Gasteiger partial charge in [-0.25, -0.2) is 0 Å². The van der Waals surface area contributed by atoms with Crippen LogP contribution in [-0.2, 0) is 9.59 Å². The van der Waals surface area contributed by atoms with E-state index in [1.165, 1.54) is 6.42 Å². The van der Waals surface area contributed by atoms with Crippen molar-refractivity contribution in [1.29, 1.82) is 0 Å². The molecular formula is C14H26N2O2. The fourth-order valence-corrected chi connectivity index (χ4v) is 0.796. The van der Waals surface area contributed by atoms with E-state index >= 15 is 0 Å². The molecule has 0 aliphatic heterocycles. The number of hydrogen-bond donors (Lipinski definition) is 1. The molecule has 0 bridgehead atoms. The molecule has 0 aliphatic carbocycles. The Morgan fingerprint density at radius 3 is 2.17 bits per heavy atom. The number of unbranched alkanes of at least 4 members (excludes halogenated alkanes) is 2. The maximum atomic E-state index is 10.3. The van der Waals surface area contributed by atoms with Crippen LogP contribution in [0.2, 0.25) is 0 Å². The summed E-state index contributed by atoms with van der Waals surface area (Å²) in [5.74, 6) is -0.505. The zero-order chi connectivity index (χ0) is 14.8. The third kappa shape index (κ3) is 24.0. The minimum Gasteiger partial charge on any atom is -0.650 e. The lowest BCUT2D eigenvalue weighted by molar-refractivity contribution is -0.120. The first-order chi connectivity index (χ1) is 8.62. The number of aldehydes is 1. The molecule has 0 aromatic carbocycles. The smallest absolute Gasteiger partial charge is 0.216 e. The maximum absolute atomic E-state index is 10.3. The zero-order valence-corrected chi connectivity index (χ0v) is 11.3. The van der Waals surface area contributed by atoms with Gasteiger partial charge in [-0.2, -0.15) is 6.42 Å². The predicted molar refractivity (Wildman–Crippen MR) is 77.7 cm³/mol. The number of amides is 1. The minimum absolute atomic E-state index is 0.00347. The van der Waals surface area contributed by atoms with Gasteiger partial charge in [-0.15, -0.1) is 19.7 Å². The molecule has 1 atom stereocenters. The number of nitrogens with zero attached hydrogens (tertiary/aromatic N) is 1. The van der Waals surface area contributed by atoms with E-state index in [4.69, 9.17) is 5.73 Å². The molecule has 4 nitrogen and oxygen atoms in total. The van der Waals surface area contributed by atoms with Crippen LogP contribution in [0.15, 0.2) is 13.2 Å². The van der Waals surface area contributed by atoms with Gasteiger partial charge in [-0.3, -0.25) is 4.79 Å². The monoisotopic (exact) mass is 254 g/mol. The Morgan fingerprint density at radius 2 is 1.94 bits per heavy atom. The van der Waals surface area contributed by atoms with E-state index < -0.39 is 11.9 Å². The van der Waals surface area contributed by atoms with Crippen LogP contribution in [0.5, 0.6) is 0 Å². The highest BCUT2D eigenvalue weighted by atomic mass is 16.1. The summed E-state index contributed by atoms with van der Waals surface area (Å²) in [6.45, 7) is 17.3. The van der Waals surface area contributed by atoms with Gasteiger partial charge in [0.15, 0.2) is 0 Å². The fourth-order valence-electron chi connectivity index (χ4n) is 0.796. The molecule has 0 heterocycles. The van der Waals surface area contributed by atoms with Crippen molar-refractivity contribution in [1.82, 2.24) is 0 Å². The molecule has 0 unspecified atom stereocenters. The van der Waals surface area contributed by atoms with Crippen LogP contribution in [0.4, 0.5) is 0 Å². The molecule has 2 N–H and O–H groups in total. The molecule has 1 amide bonds. The van der Waals surface area contributed by atoms with Gasteiger partial charge in [0.2, 0.25) is 5.91 Å². The summed E-state index contributed by atoms with van der Waals surface area (Å²) in [5, 5.41) is 3.87. The molecule has 0 saturated heterocycles. The summed E-state index contributed by atoms with van der Waals surface area (Å²) in [6.07, 6.45) is 4.49.